The molecule has 1 aliphatic rings. The molecule has 0 saturated carbocycles. The van der Waals surface area contributed by atoms with E-state index in [0.717, 1.165) is 50.5 Å². The molecule has 5 heteroatoms. The van der Waals surface area contributed by atoms with E-state index in [4.69, 9.17) is 9.47 Å². The fourth-order valence-electron chi connectivity index (χ4n) is 2.86. The van der Waals surface area contributed by atoms with Gasteiger partial charge in [0, 0.05) is 32.1 Å². The lowest BCUT2D eigenvalue weighted by Crippen LogP contribution is -2.46. The number of morpholine rings is 1. The molecular formula is C18H28N2O3. The summed E-state index contributed by atoms with van der Waals surface area (Å²) in [5.74, 6) is 0.928. The third kappa shape index (κ3) is 5.84. The van der Waals surface area contributed by atoms with Gasteiger partial charge >= 0.3 is 0 Å². The smallest absolute Gasteiger partial charge is 0.221 e. The molecule has 1 N–H and O–H groups in total. The van der Waals surface area contributed by atoms with Gasteiger partial charge in [0.2, 0.25) is 5.91 Å². The van der Waals surface area contributed by atoms with Gasteiger partial charge in [-0.3, -0.25) is 9.69 Å². The highest BCUT2D eigenvalue weighted by molar-refractivity contribution is 5.76. The number of methoxy groups -OCH3 is 1. The van der Waals surface area contributed by atoms with Crippen molar-refractivity contribution in [1.82, 2.24) is 10.2 Å². The molecule has 1 saturated heterocycles. The van der Waals surface area contributed by atoms with Crippen LogP contribution in [0.4, 0.5) is 0 Å². The molecular weight excluding hydrogens is 292 g/mol. The van der Waals surface area contributed by atoms with E-state index in [0.29, 0.717) is 19.0 Å². The molecule has 0 radical (unpaired) electrons. The molecule has 0 bridgehead atoms. The molecule has 128 valence electrons. The van der Waals surface area contributed by atoms with Crippen LogP contribution in [0.25, 0.3) is 0 Å². The van der Waals surface area contributed by atoms with Gasteiger partial charge in [-0.1, -0.05) is 25.5 Å². The summed E-state index contributed by atoms with van der Waals surface area (Å²) in [5.41, 5.74) is 1.08. The number of amides is 1. The first-order valence-corrected chi connectivity index (χ1v) is 8.44. The molecule has 1 atom stereocenters. The number of hydrogen-bond acceptors (Lipinski definition) is 4. The van der Waals surface area contributed by atoms with Crippen LogP contribution in [0.2, 0.25) is 0 Å². The van der Waals surface area contributed by atoms with Gasteiger partial charge in [-0.25, -0.2) is 0 Å². The topological polar surface area (TPSA) is 50.8 Å². The SMILES string of the molecule is CCC[C@H]1COCCN1CCC(=O)NCc1ccc(OC)cc1. The number of nitrogens with one attached hydrogen (secondary N) is 1. The van der Waals surface area contributed by atoms with Gasteiger partial charge in [0.05, 0.1) is 20.3 Å². The van der Waals surface area contributed by atoms with E-state index in [2.05, 4.69) is 17.1 Å². The highest BCUT2D eigenvalue weighted by Crippen LogP contribution is 2.13. The number of ether oxygens (including phenoxy) is 2. The van der Waals surface area contributed by atoms with Crippen molar-refractivity contribution in [2.24, 2.45) is 0 Å². The van der Waals surface area contributed by atoms with Gasteiger partial charge in [-0.2, -0.15) is 0 Å². The van der Waals surface area contributed by atoms with Crippen molar-refractivity contribution >= 4 is 5.91 Å². The lowest BCUT2D eigenvalue weighted by Gasteiger charge is -2.35. The standard InChI is InChI=1S/C18H28N2O3/c1-3-4-16-14-23-12-11-20(16)10-9-18(21)19-13-15-5-7-17(22-2)8-6-15/h5-8,16H,3-4,9-14H2,1-2H3,(H,19,21)/t16-/m0/s1. The second kappa shape index (κ2) is 9.53. The summed E-state index contributed by atoms with van der Waals surface area (Å²) < 4.78 is 10.7. The Morgan fingerprint density at radius 1 is 1.39 bits per heavy atom. The lowest BCUT2D eigenvalue weighted by molar-refractivity contribution is -0.122. The summed E-state index contributed by atoms with van der Waals surface area (Å²) >= 11 is 0. The van der Waals surface area contributed by atoms with E-state index in [-0.39, 0.29) is 5.91 Å². The first-order chi connectivity index (χ1) is 11.2. The van der Waals surface area contributed by atoms with Crippen molar-refractivity contribution in [2.75, 3.05) is 33.4 Å². The molecule has 1 aromatic rings. The Balaban J connectivity index is 1.71. The van der Waals surface area contributed by atoms with Crippen molar-refractivity contribution in [3.63, 3.8) is 0 Å². The molecule has 1 aliphatic heterocycles. The van der Waals surface area contributed by atoms with Crippen LogP contribution in [0.1, 0.15) is 31.7 Å². The van der Waals surface area contributed by atoms with E-state index in [9.17, 15) is 4.79 Å². The minimum absolute atomic E-state index is 0.0996. The Morgan fingerprint density at radius 3 is 2.87 bits per heavy atom. The largest absolute Gasteiger partial charge is 0.497 e. The highest BCUT2D eigenvalue weighted by Gasteiger charge is 2.22. The van der Waals surface area contributed by atoms with Crippen LogP contribution in [-0.4, -0.2) is 50.3 Å². The lowest BCUT2D eigenvalue weighted by atomic mass is 10.1. The van der Waals surface area contributed by atoms with Gasteiger partial charge in [-0.15, -0.1) is 0 Å². The van der Waals surface area contributed by atoms with Gasteiger partial charge in [0.15, 0.2) is 0 Å². The van der Waals surface area contributed by atoms with E-state index in [1.54, 1.807) is 7.11 Å². The van der Waals surface area contributed by atoms with Gasteiger partial charge < -0.3 is 14.8 Å². The van der Waals surface area contributed by atoms with Gasteiger partial charge in [0.25, 0.3) is 0 Å². The Hall–Kier alpha value is -1.59. The van der Waals surface area contributed by atoms with Gasteiger partial charge in [-0.05, 0) is 24.1 Å². The van der Waals surface area contributed by atoms with Crippen LogP contribution < -0.4 is 10.1 Å². The number of rotatable bonds is 8. The van der Waals surface area contributed by atoms with Crippen LogP contribution in [0.15, 0.2) is 24.3 Å². The van der Waals surface area contributed by atoms with Crippen molar-refractivity contribution in [2.45, 2.75) is 38.8 Å². The van der Waals surface area contributed by atoms with Crippen molar-refractivity contribution in [3.05, 3.63) is 29.8 Å². The zero-order valence-corrected chi connectivity index (χ0v) is 14.2. The highest BCUT2D eigenvalue weighted by atomic mass is 16.5. The minimum Gasteiger partial charge on any atom is -0.497 e. The molecule has 0 aromatic heterocycles. The van der Waals surface area contributed by atoms with E-state index >= 15 is 0 Å². The molecule has 2 rings (SSSR count). The van der Waals surface area contributed by atoms with Crippen LogP contribution in [0.5, 0.6) is 5.75 Å². The Labute approximate surface area is 139 Å². The minimum atomic E-state index is 0.0996. The number of nitrogens with zero attached hydrogens (tertiary/aromatic N) is 1. The predicted octanol–water partition coefficient (Wildman–Crippen LogP) is 2.20. The monoisotopic (exact) mass is 320 g/mol. The number of carbonyl (C=O) groups excluding carboxylic acids is 1. The normalized spacial score (nSPS) is 18.6. The van der Waals surface area contributed by atoms with Crippen molar-refractivity contribution in [3.8, 4) is 5.75 Å². The number of carbonyl (C=O) groups is 1. The molecule has 0 unspecified atom stereocenters. The Bertz CT molecular complexity index is 474. The third-order valence-corrected chi connectivity index (χ3v) is 4.25. The molecule has 1 aromatic carbocycles. The zero-order chi connectivity index (χ0) is 16.5. The zero-order valence-electron chi connectivity index (χ0n) is 14.2. The maximum absolute atomic E-state index is 12.1. The number of benzene rings is 1. The molecule has 1 heterocycles. The molecule has 1 fully saturated rings. The summed E-state index contributed by atoms with van der Waals surface area (Å²) in [6.07, 6.45) is 2.82. The van der Waals surface area contributed by atoms with Crippen molar-refractivity contribution < 1.29 is 14.3 Å². The average molecular weight is 320 g/mol. The maximum atomic E-state index is 12.1. The van der Waals surface area contributed by atoms with Crippen LogP contribution in [0.3, 0.4) is 0 Å². The van der Waals surface area contributed by atoms with Crippen LogP contribution >= 0.6 is 0 Å². The second-order valence-electron chi connectivity index (χ2n) is 5.93. The van der Waals surface area contributed by atoms with Crippen LogP contribution in [0, 0.1) is 0 Å². The fourth-order valence-corrected chi connectivity index (χ4v) is 2.86. The molecule has 1 amide bonds. The molecule has 0 spiro atoms. The molecule has 0 aliphatic carbocycles. The first kappa shape index (κ1) is 17.8. The summed E-state index contributed by atoms with van der Waals surface area (Å²) in [5, 5.41) is 2.99. The summed E-state index contributed by atoms with van der Waals surface area (Å²) in [6, 6.07) is 8.22. The average Bonchev–Trinajstić information content (AvgIpc) is 2.60. The molecule has 23 heavy (non-hydrogen) atoms. The maximum Gasteiger partial charge on any atom is 0.221 e. The Kier molecular flexibility index (Phi) is 7.36. The summed E-state index contributed by atoms with van der Waals surface area (Å²) in [7, 11) is 1.65. The number of hydrogen-bond donors (Lipinski definition) is 1. The first-order valence-electron chi connectivity index (χ1n) is 8.44. The van der Waals surface area contributed by atoms with E-state index in [1.165, 1.54) is 0 Å². The van der Waals surface area contributed by atoms with Crippen LogP contribution in [-0.2, 0) is 16.1 Å². The predicted molar refractivity (Wildman–Crippen MR) is 90.5 cm³/mol. The summed E-state index contributed by atoms with van der Waals surface area (Å²) in [6.45, 7) is 6.05. The fraction of sp³-hybridized carbons (Fsp3) is 0.611. The Morgan fingerprint density at radius 2 is 2.17 bits per heavy atom. The molecule has 5 nitrogen and oxygen atoms in total. The quantitative estimate of drug-likeness (QED) is 0.798. The van der Waals surface area contributed by atoms with E-state index in [1.807, 2.05) is 24.3 Å². The summed E-state index contributed by atoms with van der Waals surface area (Å²) in [4.78, 5) is 14.4. The van der Waals surface area contributed by atoms with Gasteiger partial charge in [0.1, 0.15) is 5.75 Å². The van der Waals surface area contributed by atoms with Crippen molar-refractivity contribution in [1.29, 1.82) is 0 Å². The van der Waals surface area contributed by atoms with E-state index < -0.39 is 0 Å². The second-order valence-corrected chi connectivity index (χ2v) is 5.93. The third-order valence-electron chi connectivity index (χ3n) is 4.25.